The summed E-state index contributed by atoms with van der Waals surface area (Å²) in [5.41, 5.74) is 1.81. The first kappa shape index (κ1) is 10.2. The van der Waals surface area contributed by atoms with Gasteiger partial charge in [-0.25, -0.2) is 4.99 Å². The van der Waals surface area contributed by atoms with Crippen LogP contribution in [0, 0.1) is 0 Å². The molecule has 2 aliphatic rings. The Morgan fingerprint density at radius 2 is 2.07 bits per heavy atom. The van der Waals surface area contributed by atoms with Gasteiger partial charge >= 0.3 is 0 Å². The number of hydrogen-bond acceptors (Lipinski definition) is 3. The molecule has 0 fully saturated rings. The summed E-state index contributed by atoms with van der Waals surface area (Å²) < 4.78 is 5.89. The second-order valence-corrected chi connectivity index (χ2v) is 9.12. The quantitative estimate of drug-likeness (QED) is 0.728. The minimum atomic E-state index is -1.54. The third-order valence-electron chi connectivity index (χ3n) is 2.07. The molecule has 0 aromatic rings. The van der Waals surface area contributed by atoms with E-state index in [0.29, 0.717) is 0 Å². The molecule has 1 aliphatic carbocycles. The van der Waals surface area contributed by atoms with Crippen LogP contribution in [0.1, 0.15) is 6.42 Å². The monoisotopic (exact) mass is 221 g/mol. The van der Waals surface area contributed by atoms with Gasteiger partial charge in [0, 0.05) is 24.1 Å². The molecule has 0 radical (unpaired) electrons. The molecule has 0 unspecified atom stereocenters. The molecule has 0 bridgehead atoms. The number of aliphatic imine (C=N–C) groups is 1. The Balaban J connectivity index is 2.16. The predicted octanol–water partition coefficient (Wildman–Crippen LogP) is 2.91. The van der Waals surface area contributed by atoms with Gasteiger partial charge in [-0.05, 0) is 19.6 Å². The van der Waals surface area contributed by atoms with Crippen LogP contribution in [0.2, 0.25) is 19.6 Å². The molecule has 15 heavy (non-hydrogen) atoms. The van der Waals surface area contributed by atoms with Crippen molar-refractivity contribution in [1.29, 1.82) is 0 Å². The van der Waals surface area contributed by atoms with Crippen LogP contribution in [0.4, 0.5) is 0 Å². The molecule has 1 heterocycles. The van der Waals surface area contributed by atoms with Crippen molar-refractivity contribution in [3.63, 3.8) is 0 Å². The zero-order valence-electron chi connectivity index (χ0n) is 9.24. The molecular formula is C11H15NO2Si. The molecule has 0 aromatic carbocycles. The molecule has 1 aliphatic heterocycles. The van der Waals surface area contributed by atoms with E-state index in [9.17, 15) is 5.11 Å². The van der Waals surface area contributed by atoms with Crippen LogP contribution >= 0.6 is 0 Å². The summed E-state index contributed by atoms with van der Waals surface area (Å²) >= 11 is 0. The normalized spacial score (nSPS) is 19.9. The molecule has 0 spiro atoms. The van der Waals surface area contributed by atoms with E-state index in [1.165, 1.54) is 0 Å². The molecule has 2 rings (SSSR count). The summed E-state index contributed by atoms with van der Waals surface area (Å²) in [5.74, 6) is 1.04. The van der Waals surface area contributed by atoms with Crippen molar-refractivity contribution < 1.29 is 9.53 Å². The standard InChI is InChI=1S/C11H15NO2Si/c1-15(2,3)14-9-5-4-8-6-11(13)12-10(8)7-9/h4,6-7,13H,5H2,1-3H3. The van der Waals surface area contributed by atoms with Gasteiger partial charge in [0.05, 0.1) is 11.5 Å². The topological polar surface area (TPSA) is 41.8 Å². The van der Waals surface area contributed by atoms with E-state index in [-0.39, 0.29) is 5.88 Å². The lowest BCUT2D eigenvalue weighted by atomic mass is 10.0. The summed E-state index contributed by atoms with van der Waals surface area (Å²) in [5, 5.41) is 9.25. The SMILES string of the molecule is C[Si](C)(C)OC1=CC2=NC(O)=CC2=CC1. The van der Waals surface area contributed by atoms with E-state index < -0.39 is 8.32 Å². The third kappa shape index (κ3) is 2.39. The summed E-state index contributed by atoms with van der Waals surface area (Å²) in [7, 11) is -1.54. The number of hydrogen-bond donors (Lipinski definition) is 1. The zero-order valence-corrected chi connectivity index (χ0v) is 10.2. The molecule has 0 saturated carbocycles. The maximum absolute atomic E-state index is 9.25. The van der Waals surface area contributed by atoms with Crippen LogP contribution in [-0.2, 0) is 4.43 Å². The highest BCUT2D eigenvalue weighted by molar-refractivity contribution is 6.70. The summed E-state index contributed by atoms with van der Waals surface area (Å²) in [4.78, 5) is 4.01. The number of fused-ring (bicyclic) bond motifs is 1. The largest absolute Gasteiger partial charge is 0.547 e. The smallest absolute Gasteiger partial charge is 0.241 e. The fourth-order valence-electron chi connectivity index (χ4n) is 1.60. The fraction of sp³-hybridized carbons (Fsp3) is 0.364. The first-order valence-corrected chi connectivity index (χ1v) is 8.44. The number of aliphatic hydroxyl groups is 1. The Kier molecular flexibility index (Phi) is 2.30. The Bertz CT molecular complexity index is 411. The Labute approximate surface area is 90.6 Å². The second kappa shape index (κ2) is 3.38. The molecule has 0 aromatic heterocycles. The van der Waals surface area contributed by atoms with Gasteiger partial charge in [-0.2, -0.15) is 0 Å². The van der Waals surface area contributed by atoms with E-state index in [0.717, 1.165) is 23.5 Å². The van der Waals surface area contributed by atoms with Crippen LogP contribution in [-0.4, -0.2) is 19.1 Å². The first-order valence-electron chi connectivity index (χ1n) is 5.03. The van der Waals surface area contributed by atoms with E-state index in [1.54, 1.807) is 6.08 Å². The van der Waals surface area contributed by atoms with Crippen LogP contribution in [0.25, 0.3) is 0 Å². The average molecular weight is 221 g/mol. The lowest BCUT2D eigenvalue weighted by Gasteiger charge is -2.23. The minimum absolute atomic E-state index is 0.0850. The fourth-order valence-corrected chi connectivity index (χ4v) is 2.53. The molecule has 1 N–H and O–H groups in total. The van der Waals surface area contributed by atoms with Crippen LogP contribution in [0.3, 0.4) is 0 Å². The molecular weight excluding hydrogens is 206 g/mol. The van der Waals surface area contributed by atoms with Crippen molar-refractivity contribution in [3.05, 3.63) is 35.4 Å². The Morgan fingerprint density at radius 1 is 1.33 bits per heavy atom. The highest BCUT2D eigenvalue weighted by Gasteiger charge is 2.22. The van der Waals surface area contributed by atoms with Gasteiger partial charge in [0.2, 0.25) is 14.2 Å². The second-order valence-electron chi connectivity index (χ2n) is 4.69. The van der Waals surface area contributed by atoms with Gasteiger partial charge in [-0.3, -0.25) is 0 Å². The zero-order chi connectivity index (χ0) is 11.1. The first-order chi connectivity index (χ1) is 6.94. The molecule has 80 valence electrons. The van der Waals surface area contributed by atoms with Gasteiger partial charge < -0.3 is 9.53 Å². The van der Waals surface area contributed by atoms with Crippen molar-refractivity contribution in [1.82, 2.24) is 0 Å². The van der Waals surface area contributed by atoms with Gasteiger partial charge in [-0.15, -0.1) is 0 Å². The van der Waals surface area contributed by atoms with Gasteiger partial charge in [0.25, 0.3) is 0 Å². The number of rotatable bonds is 2. The number of nitrogens with zero attached hydrogens (tertiary/aromatic N) is 1. The highest BCUT2D eigenvalue weighted by Crippen LogP contribution is 2.25. The lowest BCUT2D eigenvalue weighted by molar-refractivity contribution is 0.409. The number of aliphatic hydroxyl groups excluding tert-OH is 1. The molecule has 4 heteroatoms. The van der Waals surface area contributed by atoms with Gasteiger partial charge in [0.15, 0.2) is 0 Å². The van der Waals surface area contributed by atoms with Crippen molar-refractivity contribution in [2.45, 2.75) is 26.1 Å². The third-order valence-corrected chi connectivity index (χ3v) is 2.95. The van der Waals surface area contributed by atoms with Gasteiger partial charge in [0.1, 0.15) is 0 Å². The van der Waals surface area contributed by atoms with E-state index in [2.05, 4.69) is 24.6 Å². The maximum Gasteiger partial charge on any atom is 0.241 e. The van der Waals surface area contributed by atoms with Crippen LogP contribution in [0.15, 0.2) is 40.4 Å². The van der Waals surface area contributed by atoms with Crippen molar-refractivity contribution >= 4 is 14.0 Å². The average Bonchev–Trinajstić information content (AvgIpc) is 2.40. The summed E-state index contributed by atoms with van der Waals surface area (Å²) in [6.07, 6.45) is 6.43. The van der Waals surface area contributed by atoms with Crippen molar-refractivity contribution in [3.8, 4) is 0 Å². The highest BCUT2D eigenvalue weighted by atomic mass is 28.4. The summed E-state index contributed by atoms with van der Waals surface area (Å²) in [6, 6.07) is 0. The van der Waals surface area contributed by atoms with E-state index >= 15 is 0 Å². The molecule has 0 atom stereocenters. The van der Waals surface area contributed by atoms with Crippen molar-refractivity contribution in [2.75, 3.05) is 0 Å². The van der Waals surface area contributed by atoms with Gasteiger partial charge in [-0.1, -0.05) is 6.08 Å². The molecule has 0 saturated heterocycles. The van der Waals surface area contributed by atoms with Crippen LogP contribution in [0.5, 0.6) is 0 Å². The predicted molar refractivity (Wildman–Crippen MR) is 63.4 cm³/mol. The Morgan fingerprint density at radius 3 is 2.73 bits per heavy atom. The summed E-state index contributed by atoms with van der Waals surface area (Å²) in [6.45, 7) is 6.46. The maximum atomic E-state index is 9.25. The Hall–Kier alpha value is -1.29. The number of allylic oxidation sites excluding steroid dienone is 4. The molecule has 3 nitrogen and oxygen atoms in total. The van der Waals surface area contributed by atoms with E-state index in [4.69, 9.17) is 4.43 Å². The van der Waals surface area contributed by atoms with Crippen molar-refractivity contribution in [2.24, 2.45) is 4.99 Å². The van der Waals surface area contributed by atoms with E-state index in [1.807, 2.05) is 12.2 Å². The molecule has 0 amide bonds. The van der Waals surface area contributed by atoms with Crippen LogP contribution < -0.4 is 0 Å². The lowest BCUT2D eigenvalue weighted by Crippen LogP contribution is -2.25. The minimum Gasteiger partial charge on any atom is -0.547 e.